The maximum absolute atomic E-state index is 14.7. The Morgan fingerprint density at radius 3 is 1.41 bits per heavy atom. The van der Waals surface area contributed by atoms with Crippen LogP contribution in [0.5, 0.6) is 0 Å². The van der Waals surface area contributed by atoms with E-state index >= 15 is 0 Å². The second-order valence-electron chi connectivity index (χ2n) is 20.4. The maximum Gasteiger partial charge on any atom is 0.338 e. The molecule has 13 heteroatoms. The van der Waals surface area contributed by atoms with Crippen molar-refractivity contribution in [3.63, 3.8) is 0 Å². The molecule has 78 heavy (non-hydrogen) atoms. The van der Waals surface area contributed by atoms with Crippen LogP contribution in [0.4, 0.5) is 0 Å². The number of carbonyl (C=O) groups is 3. The first-order valence-corrected chi connectivity index (χ1v) is 27.2. The summed E-state index contributed by atoms with van der Waals surface area (Å²) >= 11 is 1.40. The molecule has 404 valence electrons. The smallest absolute Gasteiger partial charge is 0.338 e. The number of benzene rings is 7. The molecule has 0 radical (unpaired) electrons. The highest BCUT2D eigenvalue weighted by Crippen LogP contribution is 2.42. The number of hydrogen-bond donors (Lipinski definition) is 0. The van der Waals surface area contributed by atoms with E-state index in [1.165, 1.54) is 11.8 Å². The van der Waals surface area contributed by atoms with Gasteiger partial charge in [0.25, 0.3) is 0 Å². The lowest BCUT2D eigenvalue weighted by Gasteiger charge is -2.49. The van der Waals surface area contributed by atoms with Gasteiger partial charge in [0, 0.05) is 4.90 Å². The molecule has 0 amide bonds. The van der Waals surface area contributed by atoms with Crippen LogP contribution < -0.4 is 0 Å². The third kappa shape index (κ3) is 14.6. The number of ether oxygens (including phenoxy) is 9. The molecule has 2 saturated heterocycles. The fraction of sp³-hybridized carbons (Fsp3) is 0.308. The van der Waals surface area contributed by atoms with Crippen LogP contribution in [0.3, 0.4) is 0 Å². The fourth-order valence-electron chi connectivity index (χ4n) is 9.33. The molecule has 0 aromatic heterocycles. The minimum atomic E-state index is -1.51. The van der Waals surface area contributed by atoms with E-state index in [0.717, 1.165) is 32.7 Å². The van der Waals surface area contributed by atoms with E-state index in [0.29, 0.717) is 5.56 Å². The summed E-state index contributed by atoms with van der Waals surface area (Å²) in [6.07, 6.45) is -10.6. The summed E-state index contributed by atoms with van der Waals surface area (Å²) < 4.78 is 61.5. The van der Waals surface area contributed by atoms with E-state index in [1.807, 2.05) is 104 Å². The Bertz CT molecular complexity index is 3000. The second-order valence-corrected chi connectivity index (χ2v) is 21.6. The van der Waals surface area contributed by atoms with Crippen LogP contribution in [0.2, 0.25) is 0 Å². The van der Waals surface area contributed by atoms with Crippen molar-refractivity contribution in [2.24, 2.45) is 0 Å². The summed E-state index contributed by atoms with van der Waals surface area (Å²) in [6, 6.07) is 61.1. The molecule has 9 rings (SSSR count). The molecule has 0 spiro atoms. The highest BCUT2D eigenvalue weighted by molar-refractivity contribution is 7.99. The maximum atomic E-state index is 14.7. The van der Waals surface area contributed by atoms with Gasteiger partial charge in [-0.25, -0.2) is 14.4 Å². The molecular formula is C65H66O12S. The molecule has 7 aromatic rings. The zero-order chi connectivity index (χ0) is 54.4. The van der Waals surface area contributed by atoms with Crippen molar-refractivity contribution in [2.75, 3.05) is 6.61 Å². The van der Waals surface area contributed by atoms with Gasteiger partial charge in [-0.2, -0.15) is 0 Å². The van der Waals surface area contributed by atoms with Crippen molar-refractivity contribution in [2.45, 2.75) is 125 Å². The van der Waals surface area contributed by atoms with E-state index in [9.17, 15) is 14.4 Å². The van der Waals surface area contributed by atoms with Gasteiger partial charge in [-0.3, -0.25) is 0 Å². The number of esters is 3. The predicted octanol–water partition coefficient (Wildman–Crippen LogP) is 12.3. The molecule has 7 aromatic carbocycles. The first kappa shape index (κ1) is 55.8. The number of carbonyl (C=O) groups excluding carboxylic acids is 3. The van der Waals surface area contributed by atoms with Gasteiger partial charge in [0.2, 0.25) is 0 Å². The molecule has 10 atom stereocenters. The predicted molar refractivity (Wildman–Crippen MR) is 297 cm³/mol. The molecule has 0 N–H and O–H groups in total. The molecule has 2 fully saturated rings. The fourth-order valence-corrected chi connectivity index (χ4v) is 10.6. The zero-order valence-corrected chi connectivity index (χ0v) is 45.3. The average molecular weight is 1070 g/mol. The van der Waals surface area contributed by atoms with E-state index in [-0.39, 0.29) is 43.0 Å². The van der Waals surface area contributed by atoms with Crippen molar-refractivity contribution >= 4 is 29.7 Å². The number of rotatable bonds is 20. The largest absolute Gasteiger partial charge is 0.452 e. The van der Waals surface area contributed by atoms with E-state index in [1.54, 1.807) is 91.9 Å². The number of thioether (sulfide) groups is 1. The highest BCUT2D eigenvalue weighted by atomic mass is 32.2. The lowest BCUT2D eigenvalue weighted by Crippen LogP contribution is -2.66. The quantitative estimate of drug-likeness (QED) is 0.0530. The first-order chi connectivity index (χ1) is 37.9. The normalized spacial score (nSPS) is 23.2. The lowest BCUT2D eigenvalue weighted by molar-refractivity contribution is -0.338. The Morgan fingerprint density at radius 2 is 0.923 bits per heavy atom. The summed E-state index contributed by atoms with van der Waals surface area (Å²) in [5.74, 6) is -2.06. The lowest BCUT2D eigenvalue weighted by atomic mass is 9.87. The topological polar surface area (TPSA) is 134 Å². The van der Waals surface area contributed by atoms with Gasteiger partial charge < -0.3 is 42.6 Å². The van der Waals surface area contributed by atoms with Crippen molar-refractivity contribution in [1.82, 2.24) is 0 Å². The molecule has 2 aliphatic heterocycles. The Kier molecular flexibility index (Phi) is 19.0. The molecule has 0 bridgehead atoms. The van der Waals surface area contributed by atoms with Crippen molar-refractivity contribution in [3.8, 4) is 0 Å². The van der Waals surface area contributed by atoms with Crippen LogP contribution in [0.15, 0.2) is 205 Å². The Hall–Kier alpha value is -6.94. The van der Waals surface area contributed by atoms with Crippen molar-refractivity contribution in [3.05, 3.63) is 245 Å². The third-order valence-corrected chi connectivity index (χ3v) is 14.9. The third-order valence-electron chi connectivity index (χ3n) is 13.6. The average Bonchev–Trinajstić information content (AvgIpc) is 3.61. The summed E-state index contributed by atoms with van der Waals surface area (Å²) in [6.45, 7) is 10.7. The summed E-state index contributed by atoms with van der Waals surface area (Å²) in [5, 5.41) is 0. The molecule has 2 aliphatic rings. The van der Waals surface area contributed by atoms with Gasteiger partial charge in [-0.05, 0) is 89.5 Å². The van der Waals surface area contributed by atoms with Gasteiger partial charge in [-0.1, -0.05) is 190 Å². The Balaban J connectivity index is 1.18. The molecular weight excluding hydrogens is 1000 g/mol. The monoisotopic (exact) mass is 1070 g/mol. The minimum Gasteiger partial charge on any atom is -0.452 e. The van der Waals surface area contributed by atoms with Gasteiger partial charge in [0.1, 0.15) is 29.9 Å². The SMILES string of the molecule is Cc1ccc(C(C)(C)C)cc1S[C@@H]1OC(COCc2ccccc2)[C@@H](OCc2ccccc2)C(O[C@@H]2OC(C)[C@H](OCc3ccccc3)C(OC(=O)c3ccccc3)C2OC(=O)c2ccccc2)C1OC(=O)c1ccccc1. The van der Waals surface area contributed by atoms with Crippen LogP contribution in [0, 0.1) is 6.92 Å². The molecule has 12 nitrogen and oxygen atoms in total. The number of hydrogen-bond acceptors (Lipinski definition) is 13. The highest BCUT2D eigenvalue weighted by Gasteiger charge is 2.56. The van der Waals surface area contributed by atoms with Crippen LogP contribution >= 0.6 is 11.8 Å². The summed E-state index contributed by atoms with van der Waals surface area (Å²) in [4.78, 5) is 44.5. The molecule has 6 unspecified atom stereocenters. The van der Waals surface area contributed by atoms with Crippen LogP contribution in [-0.2, 0) is 67.9 Å². The van der Waals surface area contributed by atoms with Gasteiger partial charge >= 0.3 is 17.9 Å². The van der Waals surface area contributed by atoms with Gasteiger partial charge in [0.05, 0.1) is 49.2 Å². The van der Waals surface area contributed by atoms with E-state index < -0.39 is 78.5 Å². The van der Waals surface area contributed by atoms with Crippen LogP contribution in [-0.4, -0.2) is 85.1 Å². The van der Waals surface area contributed by atoms with Crippen molar-refractivity contribution in [1.29, 1.82) is 0 Å². The van der Waals surface area contributed by atoms with E-state index in [2.05, 4.69) is 39.0 Å². The molecule has 0 aliphatic carbocycles. The molecule has 2 heterocycles. The number of aryl methyl sites for hydroxylation is 1. The van der Waals surface area contributed by atoms with Crippen LogP contribution in [0.1, 0.15) is 86.6 Å². The first-order valence-electron chi connectivity index (χ1n) is 26.3. The summed E-state index contributed by atoms with van der Waals surface area (Å²) in [5.41, 5.74) is 4.36. The molecule has 0 saturated carbocycles. The summed E-state index contributed by atoms with van der Waals surface area (Å²) in [7, 11) is 0. The standard InChI is InChI=1S/C65H66O12S/c1-43-36-37-51(65(3,4)5)38-53(43)78-64-59(76-62(68)50-34-22-11-23-35-50)57(55(71-41-47-28-16-8-17-29-47)52(73-64)42-69-39-45-24-12-6-13-25-45)77-63-58(75-61(67)49-32-20-10-21-33-49)56(74-60(66)48-30-18-9-19-31-48)54(44(2)72-63)70-40-46-26-14-7-15-27-46/h6-38,44,52,54-59,63-64H,39-42H2,1-5H3/t44?,52?,54-,55+,56?,57?,58?,59?,63-,64-/m0/s1. The minimum absolute atomic E-state index is 0.0205. The Labute approximate surface area is 461 Å². The van der Waals surface area contributed by atoms with Gasteiger partial charge in [0.15, 0.2) is 24.6 Å². The zero-order valence-electron chi connectivity index (χ0n) is 44.5. The van der Waals surface area contributed by atoms with Crippen molar-refractivity contribution < 1.29 is 57.0 Å². The Morgan fingerprint density at radius 1 is 0.487 bits per heavy atom. The second kappa shape index (κ2) is 26.6. The van der Waals surface area contributed by atoms with Gasteiger partial charge in [-0.15, -0.1) is 0 Å². The van der Waals surface area contributed by atoms with Crippen LogP contribution in [0.25, 0.3) is 0 Å². The van der Waals surface area contributed by atoms with E-state index in [4.69, 9.17) is 42.6 Å².